The lowest BCUT2D eigenvalue weighted by molar-refractivity contribution is 0.660. The van der Waals surface area contributed by atoms with Crippen LogP contribution >= 0.6 is 0 Å². The van der Waals surface area contributed by atoms with Gasteiger partial charge < -0.3 is 18.6 Å². The summed E-state index contributed by atoms with van der Waals surface area (Å²) in [5, 5.41) is 7.53. The zero-order valence-electron chi connectivity index (χ0n) is 56.1. The molecular weight excluding hydrogens is 1210 g/mol. The van der Waals surface area contributed by atoms with Crippen molar-refractivity contribution in [3.8, 4) is 83.8 Å². The molecule has 2 aliphatic rings. The largest absolute Gasteiger partial charge is 0.310 e. The zero-order chi connectivity index (χ0) is 66.5. The molecule has 0 aliphatic heterocycles. The summed E-state index contributed by atoms with van der Waals surface area (Å²) in [6, 6.07) is 127. The fraction of sp³-hybridized carbons (Fsp3) is 0.0625. The van der Waals surface area contributed by atoms with E-state index in [2.05, 4.69) is 386 Å². The number of aromatic nitrogens is 3. The first-order valence-corrected chi connectivity index (χ1v) is 35.0. The van der Waals surface area contributed by atoms with Gasteiger partial charge in [-0.15, -0.1) is 0 Å². The highest BCUT2D eigenvalue weighted by atomic mass is 15.1. The fourth-order valence-electron chi connectivity index (χ4n) is 17.2. The van der Waals surface area contributed by atoms with Crippen molar-refractivity contribution in [1.29, 1.82) is 0 Å². The SMILES string of the molecule is CC1(C)c2cc(-c3ccc4c(c3)c3ccccc3n4-c3ccccc3)ccc2-c2ccc(N(c3ccc(-c4ccc(-c5ccc6c(c5)c5ccccc5n6-c5ccccc5)cc4)cc3)c3ccc4c(c3)C(C)(C)c3cc(-c5ccc6c7ccccc7n(-c7ccccc7)c6c5)ccc3-4)cc21. The van der Waals surface area contributed by atoms with Crippen LogP contribution in [-0.4, -0.2) is 13.7 Å². The third-order valence-electron chi connectivity index (χ3n) is 22.2. The summed E-state index contributed by atoms with van der Waals surface area (Å²) in [6.07, 6.45) is 0. The van der Waals surface area contributed by atoms with Crippen molar-refractivity contribution >= 4 is 82.5 Å². The van der Waals surface area contributed by atoms with Gasteiger partial charge in [-0.2, -0.15) is 0 Å². The van der Waals surface area contributed by atoms with Gasteiger partial charge in [0.2, 0.25) is 0 Å². The van der Waals surface area contributed by atoms with Gasteiger partial charge in [0.1, 0.15) is 0 Å². The van der Waals surface area contributed by atoms with Crippen LogP contribution in [0.15, 0.2) is 340 Å². The van der Waals surface area contributed by atoms with Crippen molar-refractivity contribution < 1.29 is 0 Å². The van der Waals surface area contributed by atoms with E-state index in [0.29, 0.717) is 0 Å². The van der Waals surface area contributed by atoms with Gasteiger partial charge in [0, 0.05) is 77.3 Å². The highest BCUT2D eigenvalue weighted by Gasteiger charge is 2.39. The van der Waals surface area contributed by atoms with E-state index in [9.17, 15) is 0 Å². The van der Waals surface area contributed by atoms with Crippen LogP contribution in [0.1, 0.15) is 49.9 Å². The van der Waals surface area contributed by atoms with E-state index in [1.165, 1.54) is 166 Å². The summed E-state index contributed by atoms with van der Waals surface area (Å²) < 4.78 is 7.19. The zero-order valence-corrected chi connectivity index (χ0v) is 56.1. The highest BCUT2D eigenvalue weighted by molar-refractivity contribution is 6.13. The van der Waals surface area contributed by atoms with Crippen LogP contribution in [0.3, 0.4) is 0 Å². The Morgan fingerprint density at radius 1 is 0.200 bits per heavy atom. The number of fused-ring (bicyclic) bond motifs is 15. The molecule has 4 nitrogen and oxygen atoms in total. The Kier molecular flexibility index (Phi) is 12.7. The van der Waals surface area contributed by atoms with E-state index in [1.54, 1.807) is 0 Å². The molecule has 0 N–H and O–H groups in total. The minimum Gasteiger partial charge on any atom is -0.310 e. The predicted molar refractivity (Wildman–Crippen MR) is 421 cm³/mol. The van der Waals surface area contributed by atoms with Crippen molar-refractivity contribution in [3.05, 3.63) is 362 Å². The number of anilines is 3. The van der Waals surface area contributed by atoms with E-state index >= 15 is 0 Å². The van der Waals surface area contributed by atoms with Crippen LogP contribution in [0.5, 0.6) is 0 Å². The minimum absolute atomic E-state index is 0.291. The van der Waals surface area contributed by atoms with Gasteiger partial charge in [-0.05, 0) is 222 Å². The van der Waals surface area contributed by atoms with Crippen LogP contribution in [0, 0.1) is 0 Å². The molecule has 0 fully saturated rings. The van der Waals surface area contributed by atoms with E-state index < -0.39 is 0 Å². The summed E-state index contributed by atoms with van der Waals surface area (Å²) in [5.41, 5.74) is 33.6. The van der Waals surface area contributed by atoms with E-state index in [-0.39, 0.29) is 10.8 Å². The topological polar surface area (TPSA) is 18.0 Å². The van der Waals surface area contributed by atoms with Crippen molar-refractivity contribution in [2.75, 3.05) is 4.90 Å². The Labute approximate surface area is 581 Å². The highest BCUT2D eigenvalue weighted by Crippen LogP contribution is 2.55. The summed E-state index contributed by atoms with van der Waals surface area (Å²) in [5.74, 6) is 0. The normalized spacial score (nSPS) is 13.4. The maximum atomic E-state index is 2.50. The monoisotopic (exact) mass is 1280 g/mol. The van der Waals surface area contributed by atoms with Gasteiger partial charge in [0.25, 0.3) is 0 Å². The smallest absolute Gasteiger partial charge is 0.0547 e. The third-order valence-corrected chi connectivity index (χ3v) is 22.2. The summed E-state index contributed by atoms with van der Waals surface area (Å²) in [7, 11) is 0. The lowest BCUT2D eigenvalue weighted by Gasteiger charge is -2.30. The maximum Gasteiger partial charge on any atom is 0.0547 e. The summed E-state index contributed by atoms with van der Waals surface area (Å²) in [6.45, 7) is 9.66. The molecule has 0 bridgehead atoms. The van der Waals surface area contributed by atoms with Crippen molar-refractivity contribution in [1.82, 2.24) is 13.7 Å². The number of benzene rings is 15. The molecule has 100 heavy (non-hydrogen) atoms. The second-order valence-corrected chi connectivity index (χ2v) is 28.5. The summed E-state index contributed by atoms with van der Waals surface area (Å²) >= 11 is 0. The molecule has 0 saturated carbocycles. The molecule has 20 rings (SSSR count). The van der Waals surface area contributed by atoms with Crippen LogP contribution in [-0.2, 0) is 10.8 Å². The number of nitrogens with zero attached hydrogens (tertiary/aromatic N) is 4. The predicted octanol–water partition coefficient (Wildman–Crippen LogP) is 25.7. The molecular formula is C96H68N4. The number of para-hydroxylation sites is 6. The Bertz CT molecular complexity index is 6360. The number of hydrogen-bond acceptors (Lipinski definition) is 1. The van der Waals surface area contributed by atoms with Crippen molar-refractivity contribution in [2.45, 2.75) is 38.5 Å². The Hall–Kier alpha value is -12.5. The van der Waals surface area contributed by atoms with Crippen LogP contribution in [0.25, 0.3) is 149 Å². The molecule has 18 aromatic rings. The minimum atomic E-state index is -0.295. The van der Waals surface area contributed by atoms with Crippen LogP contribution in [0.2, 0.25) is 0 Å². The summed E-state index contributed by atoms with van der Waals surface area (Å²) in [4.78, 5) is 2.50. The van der Waals surface area contributed by atoms with Gasteiger partial charge in [-0.3, -0.25) is 0 Å². The number of hydrogen-bond donors (Lipinski definition) is 0. The second kappa shape index (κ2) is 22.0. The van der Waals surface area contributed by atoms with E-state index in [1.807, 2.05) is 0 Å². The third kappa shape index (κ3) is 8.79. The maximum absolute atomic E-state index is 2.50. The van der Waals surface area contributed by atoms with Gasteiger partial charge in [0.05, 0.1) is 33.1 Å². The van der Waals surface area contributed by atoms with Crippen molar-refractivity contribution in [3.63, 3.8) is 0 Å². The average molecular weight is 1280 g/mol. The van der Waals surface area contributed by atoms with Gasteiger partial charge >= 0.3 is 0 Å². The van der Waals surface area contributed by atoms with Gasteiger partial charge in [-0.25, -0.2) is 0 Å². The fourth-order valence-corrected chi connectivity index (χ4v) is 17.2. The molecule has 3 aromatic heterocycles. The molecule has 472 valence electrons. The van der Waals surface area contributed by atoms with Gasteiger partial charge in [-0.1, -0.05) is 234 Å². The average Bonchev–Trinajstić information content (AvgIpc) is 1.57. The Morgan fingerprint density at radius 3 is 0.930 bits per heavy atom. The molecule has 0 amide bonds. The molecule has 2 aliphatic carbocycles. The molecule has 15 aromatic carbocycles. The first-order valence-electron chi connectivity index (χ1n) is 35.0. The van der Waals surface area contributed by atoms with Gasteiger partial charge in [0.15, 0.2) is 0 Å². The molecule has 0 saturated heterocycles. The Morgan fingerprint density at radius 2 is 0.480 bits per heavy atom. The molecule has 0 atom stereocenters. The van der Waals surface area contributed by atoms with E-state index in [0.717, 1.165) is 22.7 Å². The van der Waals surface area contributed by atoms with Crippen LogP contribution in [0.4, 0.5) is 17.1 Å². The second-order valence-electron chi connectivity index (χ2n) is 28.5. The molecule has 3 heterocycles. The molecule has 4 heteroatoms. The van der Waals surface area contributed by atoms with Crippen LogP contribution < -0.4 is 4.90 Å². The quantitative estimate of drug-likeness (QED) is 0.133. The number of rotatable bonds is 10. The lowest BCUT2D eigenvalue weighted by Crippen LogP contribution is -2.18. The lowest BCUT2D eigenvalue weighted by atomic mass is 9.81. The van der Waals surface area contributed by atoms with Crippen molar-refractivity contribution in [2.24, 2.45) is 0 Å². The molecule has 0 unspecified atom stereocenters. The van der Waals surface area contributed by atoms with E-state index in [4.69, 9.17) is 0 Å². The first kappa shape index (κ1) is 57.7. The standard InChI is InChI=1S/C96H68N4/c1-95(2)85-56-66(65-42-53-93-84(55-65)81-28-16-19-31-91(81)99(93)70-22-10-6-11-23-70)38-47-75(85)77-50-45-73(59-87(77)95)97(72-43-36-62(37-44-72)61-32-34-63(35-33-61)64-41-52-92-83(54-64)80-27-15-18-30-90(80)98(92)69-20-8-5-9-21-69)74-46-51-78-76-48-39-67(57-86(76)96(3,4)88(78)60-74)68-40-49-82-79-26-14-17-29-89(79)100(94(82)58-68)71-24-12-7-13-25-71/h5-60H,1-4H3. The first-order chi connectivity index (χ1) is 49.1. The molecule has 0 spiro atoms. The Balaban J connectivity index is 0.664. The molecule has 0 radical (unpaired) electrons.